The molecule has 2 aromatic carbocycles. The molecule has 0 aromatic heterocycles. The van der Waals surface area contributed by atoms with Crippen LogP contribution in [0, 0.1) is 6.92 Å². The molecule has 0 bridgehead atoms. The van der Waals surface area contributed by atoms with Crippen molar-refractivity contribution in [2.75, 3.05) is 25.1 Å². The van der Waals surface area contributed by atoms with Crippen molar-refractivity contribution in [2.24, 2.45) is 0 Å². The summed E-state index contributed by atoms with van der Waals surface area (Å²) in [4.78, 5) is 28.3. The van der Waals surface area contributed by atoms with Gasteiger partial charge in [-0.3, -0.25) is 15.0 Å². The second-order valence-corrected chi connectivity index (χ2v) is 9.10. The molecule has 1 N–H and O–H groups in total. The summed E-state index contributed by atoms with van der Waals surface area (Å²) in [7, 11) is 1.56. The number of carbonyl (C=O) groups is 2. The third-order valence-electron chi connectivity index (χ3n) is 5.37. The number of hydrogen-bond donors (Lipinski definition) is 1. The van der Waals surface area contributed by atoms with Crippen LogP contribution >= 0.6 is 24.0 Å². The largest absolute Gasteiger partial charge is 0.497 e. The highest BCUT2D eigenvalue weighted by Gasteiger charge is 2.34. The molecule has 0 radical (unpaired) electrons. The van der Waals surface area contributed by atoms with E-state index in [1.54, 1.807) is 31.4 Å². The van der Waals surface area contributed by atoms with Gasteiger partial charge in [0, 0.05) is 24.3 Å². The fourth-order valence-corrected chi connectivity index (χ4v) is 4.78. The number of carbonyl (C=O) groups excluding carboxylic acids is 2. The smallest absolute Gasteiger partial charge is 0.285 e. The van der Waals surface area contributed by atoms with Gasteiger partial charge < -0.3 is 9.64 Å². The summed E-state index contributed by atoms with van der Waals surface area (Å²) in [6.45, 7) is 4.22. The number of anilines is 1. The molecule has 2 aliphatic rings. The summed E-state index contributed by atoms with van der Waals surface area (Å²) < 4.78 is 5.40. The number of benzene rings is 2. The monoisotopic (exact) mass is 453 g/mol. The summed E-state index contributed by atoms with van der Waals surface area (Å²) in [5.74, 6) is -0.0950. The standard InChI is InChI=1S/C23H23N3O3S2/c1-15-13-18(25-11-3-4-12-25)8-5-17(15)14-20-22(28)26(23(30)31-20)24-21(27)16-6-9-19(29-2)10-7-16/h5-10,13-14H,3-4,11-12H2,1-2H3,(H,24,27)/b20-14+. The molecule has 2 aromatic rings. The number of aryl methyl sites for hydroxylation is 1. The number of amides is 2. The fourth-order valence-electron chi connectivity index (χ4n) is 3.61. The molecule has 2 saturated heterocycles. The van der Waals surface area contributed by atoms with Crippen molar-refractivity contribution in [3.05, 3.63) is 64.1 Å². The van der Waals surface area contributed by atoms with Gasteiger partial charge in [0.1, 0.15) is 5.75 Å². The molecule has 2 aliphatic heterocycles. The van der Waals surface area contributed by atoms with Gasteiger partial charge in [-0.25, -0.2) is 0 Å². The average molecular weight is 454 g/mol. The Bertz CT molecular complexity index is 1060. The van der Waals surface area contributed by atoms with Crippen molar-refractivity contribution >= 4 is 51.9 Å². The molecule has 2 heterocycles. The molecule has 31 heavy (non-hydrogen) atoms. The van der Waals surface area contributed by atoms with E-state index < -0.39 is 5.91 Å². The van der Waals surface area contributed by atoms with Gasteiger partial charge >= 0.3 is 0 Å². The van der Waals surface area contributed by atoms with Crippen LogP contribution < -0.4 is 15.1 Å². The van der Waals surface area contributed by atoms with Gasteiger partial charge in [0.25, 0.3) is 11.8 Å². The molecule has 0 atom stereocenters. The predicted molar refractivity (Wildman–Crippen MR) is 128 cm³/mol. The normalized spacial score (nSPS) is 17.5. The number of thioether (sulfide) groups is 1. The van der Waals surface area contributed by atoms with Crippen molar-refractivity contribution in [3.8, 4) is 5.75 Å². The molecular weight excluding hydrogens is 430 g/mol. The van der Waals surface area contributed by atoms with Crippen LogP contribution in [0.2, 0.25) is 0 Å². The van der Waals surface area contributed by atoms with Gasteiger partial charge in [-0.15, -0.1) is 0 Å². The molecule has 0 unspecified atom stereocenters. The molecule has 0 aliphatic carbocycles. The van der Waals surface area contributed by atoms with Crippen molar-refractivity contribution in [2.45, 2.75) is 19.8 Å². The first-order valence-electron chi connectivity index (χ1n) is 10.0. The molecule has 6 nitrogen and oxygen atoms in total. The summed E-state index contributed by atoms with van der Waals surface area (Å²) >= 11 is 6.51. The molecule has 8 heteroatoms. The maximum Gasteiger partial charge on any atom is 0.285 e. The van der Waals surface area contributed by atoms with E-state index in [2.05, 4.69) is 22.5 Å². The van der Waals surface area contributed by atoms with E-state index in [0.717, 1.165) is 29.2 Å². The third kappa shape index (κ3) is 4.60. The number of methoxy groups -OCH3 is 1. The first-order chi connectivity index (χ1) is 15.0. The minimum Gasteiger partial charge on any atom is -0.497 e. The summed E-state index contributed by atoms with van der Waals surface area (Å²) in [6, 6.07) is 12.9. The molecule has 4 rings (SSSR count). The second-order valence-electron chi connectivity index (χ2n) is 7.42. The van der Waals surface area contributed by atoms with Crippen LogP contribution in [0.25, 0.3) is 6.08 Å². The highest BCUT2D eigenvalue weighted by atomic mass is 32.2. The number of thiocarbonyl (C=S) groups is 1. The first kappa shape index (κ1) is 21.4. The Balaban J connectivity index is 1.48. The number of nitrogens with one attached hydrogen (secondary N) is 1. The lowest BCUT2D eigenvalue weighted by Gasteiger charge is -2.18. The molecular formula is C23H23N3O3S2. The molecule has 2 amide bonds. The van der Waals surface area contributed by atoms with Crippen molar-refractivity contribution in [1.29, 1.82) is 0 Å². The topological polar surface area (TPSA) is 61.9 Å². The Labute approximate surface area is 191 Å². The highest BCUT2D eigenvalue weighted by Crippen LogP contribution is 2.33. The minimum absolute atomic E-state index is 0.296. The molecule has 160 valence electrons. The van der Waals surface area contributed by atoms with E-state index in [1.165, 1.54) is 30.3 Å². The van der Waals surface area contributed by atoms with Crippen molar-refractivity contribution < 1.29 is 14.3 Å². The molecule has 2 fully saturated rings. The maximum atomic E-state index is 12.9. The van der Waals surface area contributed by atoms with Crippen LogP contribution in [0.3, 0.4) is 0 Å². The van der Waals surface area contributed by atoms with Gasteiger partial charge in [0.2, 0.25) is 0 Å². The zero-order valence-corrected chi connectivity index (χ0v) is 19.0. The Morgan fingerprint density at radius 2 is 1.87 bits per heavy atom. The number of nitrogens with zero attached hydrogens (tertiary/aromatic N) is 2. The van der Waals surface area contributed by atoms with E-state index in [9.17, 15) is 9.59 Å². The number of hydrogen-bond acceptors (Lipinski definition) is 6. The van der Waals surface area contributed by atoms with Gasteiger partial charge in [-0.1, -0.05) is 17.8 Å². The Morgan fingerprint density at radius 1 is 1.16 bits per heavy atom. The lowest BCUT2D eigenvalue weighted by Crippen LogP contribution is -2.44. The van der Waals surface area contributed by atoms with E-state index in [1.807, 2.05) is 19.1 Å². The van der Waals surface area contributed by atoms with Crippen molar-refractivity contribution in [1.82, 2.24) is 10.4 Å². The molecule has 0 saturated carbocycles. The predicted octanol–water partition coefficient (Wildman–Crippen LogP) is 4.15. The summed E-state index contributed by atoms with van der Waals surface area (Å²) in [5.41, 5.74) is 6.28. The van der Waals surface area contributed by atoms with Crippen LogP contribution in [-0.4, -0.2) is 41.3 Å². The van der Waals surface area contributed by atoms with Crippen LogP contribution in [-0.2, 0) is 4.79 Å². The van der Waals surface area contributed by atoms with Gasteiger partial charge in [0.05, 0.1) is 12.0 Å². The Hall–Kier alpha value is -2.84. The van der Waals surface area contributed by atoms with Gasteiger partial charge in [-0.2, -0.15) is 5.01 Å². The van der Waals surface area contributed by atoms with Crippen LogP contribution in [0.5, 0.6) is 5.75 Å². The maximum absolute atomic E-state index is 12.9. The first-order valence-corrected chi connectivity index (χ1v) is 11.3. The van der Waals surface area contributed by atoms with Crippen molar-refractivity contribution in [3.63, 3.8) is 0 Å². The van der Waals surface area contributed by atoms with E-state index >= 15 is 0 Å². The van der Waals surface area contributed by atoms with E-state index in [4.69, 9.17) is 17.0 Å². The number of rotatable bonds is 5. The van der Waals surface area contributed by atoms with E-state index in [-0.39, 0.29) is 5.91 Å². The minimum atomic E-state index is -0.411. The van der Waals surface area contributed by atoms with Crippen LogP contribution in [0.1, 0.15) is 34.3 Å². The Morgan fingerprint density at radius 3 is 2.52 bits per heavy atom. The van der Waals surface area contributed by atoms with Gasteiger partial charge in [-0.05, 0) is 85.6 Å². The van der Waals surface area contributed by atoms with Crippen LogP contribution in [0.15, 0.2) is 47.4 Å². The SMILES string of the molecule is COc1ccc(C(=O)NN2C(=O)/C(=C\c3ccc(N4CCCC4)cc3C)SC2=S)cc1. The molecule has 0 spiro atoms. The lowest BCUT2D eigenvalue weighted by atomic mass is 10.1. The summed E-state index contributed by atoms with van der Waals surface area (Å²) in [6.07, 6.45) is 4.29. The fraction of sp³-hybridized carbons (Fsp3) is 0.261. The zero-order chi connectivity index (χ0) is 22.0. The zero-order valence-electron chi connectivity index (χ0n) is 17.4. The second kappa shape index (κ2) is 9.11. The lowest BCUT2D eigenvalue weighted by molar-refractivity contribution is -0.123. The van der Waals surface area contributed by atoms with Gasteiger partial charge in [0.15, 0.2) is 4.32 Å². The summed E-state index contributed by atoms with van der Waals surface area (Å²) in [5, 5.41) is 1.13. The Kier molecular flexibility index (Phi) is 6.29. The average Bonchev–Trinajstić information content (AvgIpc) is 3.40. The number of hydrazine groups is 1. The third-order valence-corrected chi connectivity index (χ3v) is 6.67. The van der Waals surface area contributed by atoms with E-state index in [0.29, 0.717) is 20.5 Å². The number of ether oxygens (including phenoxy) is 1. The quantitative estimate of drug-likeness (QED) is 0.542. The van der Waals surface area contributed by atoms with Crippen LogP contribution in [0.4, 0.5) is 5.69 Å². The highest BCUT2D eigenvalue weighted by molar-refractivity contribution is 8.26.